The number of hydrogen-bond donors (Lipinski definition) is 1. The molecule has 3 nitrogen and oxygen atoms in total. The molecule has 1 heterocycles. The molecule has 1 fully saturated rings. The zero-order chi connectivity index (χ0) is 12.7. The number of ether oxygens (including phenoxy) is 1. The SMILES string of the molecule is CCOCCCN1CC(C)NCC1(CC)CC. The van der Waals surface area contributed by atoms with E-state index in [4.69, 9.17) is 4.74 Å². The summed E-state index contributed by atoms with van der Waals surface area (Å²) in [5.41, 5.74) is 0.374. The van der Waals surface area contributed by atoms with Gasteiger partial charge in [0.25, 0.3) is 0 Å². The Kier molecular flexibility index (Phi) is 6.45. The Hall–Kier alpha value is -0.120. The van der Waals surface area contributed by atoms with Crippen molar-refractivity contribution in [3.63, 3.8) is 0 Å². The molecule has 102 valence electrons. The Morgan fingerprint density at radius 1 is 1.29 bits per heavy atom. The molecule has 1 saturated heterocycles. The van der Waals surface area contributed by atoms with Crippen molar-refractivity contribution >= 4 is 0 Å². The van der Waals surface area contributed by atoms with E-state index >= 15 is 0 Å². The van der Waals surface area contributed by atoms with Gasteiger partial charge in [0.05, 0.1) is 0 Å². The number of nitrogens with one attached hydrogen (secondary N) is 1. The molecule has 0 aliphatic carbocycles. The summed E-state index contributed by atoms with van der Waals surface area (Å²) in [6, 6.07) is 0.619. The van der Waals surface area contributed by atoms with E-state index in [1.807, 2.05) is 0 Å². The highest BCUT2D eigenvalue weighted by Crippen LogP contribution is 2.26. The van der Waals surface area contributed by atoms with Crippen molar-refractivity contribution in [2.24, 2.45) is 0 Å². The Morgan fingerprint density at radius 3 is 2.59 bits per heavy atom. The van der Waals surface area contributed by atoms with Gasteiger partial charge in [-0.25, -0.2) is 0 Å². The predicted octanol–water partition coefficient (Wildman–Crippen LogP) is 2.27. The van der Waals surface area contributed by atoms with Crippen LogP contribution in [-0.2, 0) is 4.74 Å². The smallest absolute Gasteiger partial charge is 0.0478 e. The van der Waals surface area contributed by atoms with Crippen LogP contribution in [0, 0.1) is 0 Å². The summed E-state index contributed by atoms with van der Waals surface area (Å²) in [7, 11) is 0. The summed E-state index contributed by atoms with van der Waals surface area (Å²) in [6.45, 7) is 14.2. The van der Waals surface area contributed by atoms with E-state index in [1.165, 1.54) is 25.9 Å². The molecule has 0 aromatic rings. The van der Waals surface area contributed by atoms with Crippen LogP contribution in [0.1, 0.15) is 47.0 Å². The Morgan fingerprint density at radius 2 is 2.00 bits per heavy atom. The van der Waals surface area contributed by atoms with Gasteiger partial charge in [0.15, 0.2) is 0 Å². The van der Waals surface area contributed by atoms with Gasteiger partial charge < -0.3 is 10.1 Å². The zero-order valence-electron chi connectivity index (χ0n) is 12.1. The van der Waals surface area contributed by atoms with Crippen LogP contribution < -0.4 is 5.32 Å². The van der Waals surface area contributed by atoms with Crippen LogP contribution in [0.25, 0.3) is 0 Å². The van der Waals surface area contributed by atoms with Crippen molar-refractivity contribution in [3.05, 3.63) is 0 Å². The summed E-state index contributed by atoms with van der Waals surface area (Å²) in [5, 5.41) is 3.63. The third-order valence-electron chi connectivity index (χ3n) is 4.18. The van der Waals surface area contributed by atoms with Gasteiger partial charge in [-0.3, -0.25) is 4.90 Å². The summed E-state index contributed by atoms with van der Waals surface area (Å²) in [6.07, 6.45) is 3.62. The van der Waals surface area contributed by atoms with Crippen molar-refractivity contribution in [1.29, 1.82) is 0 Å². The molecule has 0 saturated carbocycles. The summed E-state index contributed by atoms with van der Waals surface area (Å²) in [4.78, 5) is 2.69. The average Bonchev–Trinajstić information content (AvgIpc) is 2.36. The monoisotopic (exact) mass is 242 g/mol. The molecule has 17 heavy (non-hydrogen) atoms. The van der Waals surface area contributed by atoms with Crippen molar-refractivity contribution in [1.82, 2.24) is 10.2 Å². The second kappa shape index (κ2) is 7.34. The maximum atomic E-state index is 5.44. The van der Waals surface area contributed by atoms with E-state index in [0.29, 0.717) is 11.6 Å². The molecule has 1 aliphatic rings. The maximum absolute atomic E-state index is 5.44. The molecule has 0 bridgehead atoms. The highest BCUT2D eigenvalue weighted by Gasteiger charge is 2.37. The maximum Gasteiger partial charge on any atom is 0.0478 e. The number of piperazine rings is 1. The lowest BCUT2D eigenvalue weighted by Crippen LogP contribution is -2.63. The minimum atomic E-state index is 0.374. The van der Waals surface area contributed by atoms with E-state index < -0.39 is 0 Å². The minimum Gasteiger partial charge on any atom is -0.382 e. The number of nitrogens with zero attached hydrogens (tertiary/aromatic N) is 1. The van der Waals surface area contributed by atoms with Gasteiger partial charge in [0.1, 0.15) is 0 Å². The van der Waals surface area contributed by atoms with Crippen LogP contribution in [0.4, 0.5) is 0 Å². The lowest BCUT2D eigenvalue weighted by Gasteiger charge is -2.49. The number of hydrogen-bond acceptors (Lipinski definition) is 3. The highest BCUT2D eigenvalue weighted by molar-refractivity contribution is 4.96. The molecular weight excluding hydrogens is 212 g/mol. The Balaban J connectivity index is 2.49. The van der Waals surface area contributed by atoms with Crippen LogP contribution in [0.15, 0.2) is 0 Å². The van der Waals surface area contributed by atoms with E-state index in [0.717, 1.165) is 26.2 Å². The third kappa shape index (κ3) is 3.94. The third-order valence-corrected chi connectivity index (χ3v) is 4.18. The largest absolute Gasteiger partial charge is 0.382 e. The van der Waals surface area contributed by atoms with Crippen LogP contribution in [-0.4, -0.2) is 49.3 Å². The van der Waals surface area contributed by atoms with Crippen molar-refractivity contribution in [3.8, 4) is 0 Å². The van der Waals surface area contributed by atoms with Gasteiger partial charge in [0, 0.05) is 44.4 Å². The van der Waals surface area contributed by atoms with Gasteiger partial charge in [-0.05, 0) is 33.1 Å². The summed E-state index contributed by atoms with van der Waals surface area (Å²) in [5.74, 6) is 0. The quantitative estimate of drug-likeness (QED) is 0.693. The molecule has 1 rings (SSSR count). The van der Waals surface area contributed by atoms with Crippen LogP contribution in [0.2, 0.25) is 0 Å². The average molecular weight is 242 g/mol. The summed E-state index contributed by atoms with van der Waals surface area (Å²) >= 11 is 0. The van der Waals surface area contributed by atoms with E-state index in [1.54, 1.807) is 0 Å². The van der Waals surface area contributed by atoms with Crippen molar-refractivity contribution < 1.29 is 4.74 Å². The molecule has 1 atom stereocenters. The van der Waals surface area contributed by atoms with E-state index in [9.17, 15) is 0 Å². The van der Waals surface area contributed by atoms with Crippen LogP contribution in [0.5, 0.6) is 0 Å². The lowest BCUT2D eigenvalue weighted by molar-refractivity contribution is 0.0256. The standard InChI is InChI=1S/C14H30N2O/c1-5-14(6-2)12-15-13(4)11-16(14)9-8-10-17-7-3/h13,15H,5-12H2,1-4H3. The van der Waals surface area contributed by atoms with E-state index in [2.05, 4.69) is 37.9 Å². The van der Waals surface area contributed by atoms with Crippen LogP contribution >= 0.6 is 0 Å². The van der Waals surface area contributed by atoms with Gasteiger partial charge in [0.2, 0.25) is 0 Å². The normalized spacial score (nSPS) is 25.1. The fraction of sp³-hybridized carbons (Fsp3) is 1.00. The molecule has 1 N–H and O–H groups in total. The highest BCUT2D eigenvalue weighted by atomic mass is 16.5. The Labute approximate surface area is 107 Å². The second-order valence-corrected chi connectivity index (χ2v) is 5.21. The first-order chi connectivity index (χ1) is 8.18. The topological polar surface area (TPSA) is 24.5 Å². The molecule has 0 spiro atoms. The molecular formula is C14H30N2O. The fourth-order valence-electron chi connectivity index (χ4n) is 2.84. The number of rotatable bonds is 7. The summed E-state index contributed by atoms with van der Waals surface area (Å²) < 4.78 is 5.44. The van der Waals surface area contributed by atoms with Gasteiger partial charge in [-0.2, -0.15) is 0 Å². The molecule has 1 unspecified atom stereocenters. The second-order valence-electron chi connectivity index (χ2n) is 5.21. The van der Waals surface area contributed by atoms with Crippen LogP contribution in [0.3, 0.4) is 0 Å². The van der Waals surface area contributed by atoms with Crippen molar-refractivity contribution in [2.45, 2.75) is 58.5 Å². The van der Waals surface area contributed by atoms with E-state index in [-0.39, 0.29) is 0 Å². The fourth-order valence-corrected chi connectivity index (χ4v) is 2.84. The first kappa shape index (κ1) is 14.9. The molecule has 0 aromatic heterocycles. The predicted molar refractivity (Wildman–Crippen MR) is 73.5 cm³/mol. The molecule has 0 radical (unpaired) electrons. The molecule has 3 heteroatoms. The van der Waals surface area contributed by atoms with Gasteiger partial charge in [-0.1, -0.05) is 13.8 Å². The Bertz CT molecular complexity index is 204. The minimum absolute atomic E-state index is 0.374. The first-order valence-corrected chi connectivity index (χ1v) is 7.24. The molecule has 1 aliphatic heterocycles. The molecule has 0 aromatic carbocycles. The zero-order valence-corrected chi connectivity index (χ0v) is 12.1. The van der Waals surface area contributed by atoms with Crippen molar-refractivity contribution in [2.75, 3.05) is 32.8 Å². The van der Waals surface area contributed by atoms with Gasteiger partial charge in [-0.15, -0.1) is 0 Å². The molecule has 0 amide bonds. The van der Waals surface area contributed by atoms with Gasteiger partial charge >= 0.3 is 0 Å². The lowest BCUT2D eigenvalue weighted by atomic mass is 9.87. The first-order valence-electron chi connectivity index (χ1n) is 7.24.